The van der Waals surface area contributed by atoms with Crippen LogP contribution in [-0.4, -0.2) is 25.0 Å². The Morgan fingerprint density at radius 1 is 1.33 bits per heavy atom. The first-order valence-electron chi connectivity index (χ1n) is 6.50. The summed E-state index contributed by atoms with van der Waals surface area (Å²) >= 11 is 0. The Morgan fingerprint density at radius 2 is 2.00 bits per heavy atom. The molecule has 2 aliphatic rings. The van der Waals surface area contributed by atoms with Gasteiger partial charge in [-0.1, -0.05) is 26.0 Å². The normalized spacial score (nSPS) is 21.7. The van der Waals surface area contributed by atoms with E-state index in [-0.39, 0.29) is 5.78 Å². The van der Waals surface area contributed by atoms with E-state index in [4.69, 9.17) is 0 Å². The van der Waals surface area contributed by atoms with E-state index in [9.17, 15) is 9.59 Å². The minimum absolute atomic E-state index is 0.0163. The van der Waals surface area contributed by atoms with Crippen LogP contribution in [-0.2, 0) is 9.53 Å². The van der Waals surface area contributed by atoms with E-state index in [2.05, 4.69) is 16.1 Å². The van der Waals surface area contributed by atoms with E-state index in [1.165, 1.54) is 7.11 Å². The zero-order valence-corrected chi connectivity index (χ0v) is 11.3. The Balaban J connectivity index is 0.000000771. The maximum Gasteiger partial charge on any atom is 0.407 e. The van der Waals surface area contributed by atoms with E-state index in [1.807, 2.05) is 19.9 Å². The molecule has 1 unspecified atom stereocenters. The summed E-state index contributed by atoms with van der Waals surface area (Å²) in [6.07, 6.45) is 7.01. The van der Waals surface area contributed by atoms with Gasteiger partial charge < -0.3 is 10.1 Å². The highest BCUT2D eigenvalue weighted by Crippen LogP contribution is 2.30. The molecule has 4 heteroatoms. The van der Waals surface area contributed by atoms with Crippen LogP contribution in [0, 0.1) is 0 Å². The number of carbonyl (C=O) groups excluding carboxylic acids is 2. The molecule has 0 aliphatic heterocycles. The zero-order chi connectivity index (χ0) is 13.5. The van der Waals surface area contributed by atoms with Crippen LogP contribution in [0.3, 0.4) is 0 Å². The van der Waals surface area contributed by atoms with Crippen molar-refractivity contribution in [2.45, 2.75) is 45.6 Å². The van der Waals surface area contributed by atoms with Gasteiger partial charge in [0.1, 0.15) is 0 Å². The van der Waals surface area contributed by atoms with Gasteiger partial charge in [0.25, 0.3) is 0 Å². The number of ether oxygens (including phenoxy) is 1. The topological polar surface area (TPSA) is 55.4 Å². The summed E-state index contributed by atoms with van der Waals surface area (Å²) < 4.78 is 4.50. The molecule has 0 bridgehead atoms. The second kappa shape index (κ2) is 6.99. The number of amides is 1. The first-order chi connectivity index (χ1) is 8.72. The third-order valence-electron chi connectivity index (χ3n) is 3.01. The van der Waals surface area contributed by atoms with Gasteiger partial charge in [0.2, 0.25) is 0 Å². The Bertz CT molecular complexity index is 383. The quantitative estimate of drug-likeness (QED) is 0.779. The van der Waals surface area contributed by atoms with Gasteiger partial charge >= 0.3 is 6.09 Å². The number of fused-ring (bicyclic) bond motifs is 1. The molecule has 0 heterocycles. The number of Topliss-reactive ketones (excluding diaryl/α,β-unsaturated/α-hetero) is 1. The second-order valence-electron chi connectivity index (χ2n) is 4.02. The Kier molecular flexibility index (Phi) is 5.62. The first-order valence-corrected chi connectivity index (χ1v) is 6.50. The van der Waals surface area contributed by atoms with Crippen molar-refractivity contribution >= 4 is 11.9 Å². The molecule has 2 rings (SSSR count). The van der Waals surface area contributed by atoms with E-state index in [1.54, 1.807) is 0 Å². The van der Waals surface area contributed by atoms with Gasteiger partial charge in [-0.05, 0) is 31.3 Å². The van der Waals surface area contributed by atoms with Crippen molar-refractivity contribution in [1.82, 2.24) is 5.32 Å². The fourth-order valence-corrected chi connectivity index (χ4v) is 2.18. The standard InChI is InChI=1S/C12H15NO3.C2H6/c1-16-12(15)13-10-7-6-8-4-2-3-5-9(8)11(10)14;1-2/h4-5,10H,2-3,6-7H2,1H3,(H,13,15);1-2H3. The summed E-state index contributed by atoms with van der Waals surface area (Å²) in [5.74, 6) is 0.0163. The predicted octanol–water partition coefficient (Wildman–Crippen LogP) is 2.75. The lowest BCUT2D eigenvalue weighted by atomic mass is 9.82. The summed E-state index contributed by atoms with van der Waals surface area (Å²) in [7, 11) is 1.30. The molecule has 1 atom stereocenters. The fourth-order valence-electron chi connectivity index (χ4n) is 2.18. The molecular formula is C14H21NO3. The number of alkyl carbamates (subject to hydrolysis) is 1. The minimum atomic E-state index is -0.540. The lowest BCUT2D eigenvalue weighted by Crippen LogP contribution is -2.44. The smallest absolute Gasteiger partial charge is 0.407 e. The average molecular weight is 251 g/mol. The molecule has 1 fully saturated rings. The van der Waals surface area contributed by atoms with Crippen LogP contribution < -0.4 is 5.32 Å². The second-order valence-corrected chi connectivity index (χ2v) is 4.02. The van der Waals surface area contributed by atoms with Gasteiger partial charge in [0, 0.05) is 5.57 Å². The molecule has 0 radical (unpaired) electrons. The molecule has 1 amide bonds. The van der Waals surface area contributed by atoms with Crippen molar-refractivity contribution in [2.24, 2.45) is 0 Å². The minimum Gasteiger partial charge on any atom is -0.453 e. The summed E-state index contributed by atoms with van der Waals surface area (Å²) in [5, 5.41) is 2.57. The molecule has 1 N–H and O–H groups in total. The summed E-state index contributed by atoms with van der Waals surface area (Å²) in [4.78, 5) is 23.1. The van der Waals surface area contributed by atoms with Gasteiger partial charge in [-0.25, -0.2) is 4.79 Å². The number of hydrogen-bond acceptors (Lipinski definition) is 3. The molecule has 0 saturated heterocycles. The summed E-state index contributed by atoms with van der Waals surface area (Å²) in [6.45, 7) is 4.00. The maximum atomic E-state index is 12.0. The largest absolute Gasteiger partial charge is 0.453 e. The third kappa shape index (κ3) is 3.22. The molecule has 100 valence electrons. The van der Waals surface area contributed by atoms with Gasteiger partial charge in [0.05, 0.1) is 13.2 Å². The van der Waals surface area contributed by atoms with E-state index in [0.717, 1.165) is 30.4 Å². The lowest BCUT2D eigenvalue weighted by molar-refractivity contribution is -0.117. The van der Waals surface area contributed by atoms with Crippen molar-refractivity contribution < 1.29 is 14.3 Å². The van der Waals surface area contributed by atoms with Crippen LogP contribution in [0.25, 0.3) is 0 Å². The SMILES string of the molecule is CC.COC(=O)NC1CCC2=CCCC=C2C1=O. The average Bonchev–Trinajstić information content (AvgIpc) is 2.44. The molecular weight excluding hydrogens is 230 g/mol. The van der Waals surface area contributed by atoms with E-state index >= 15 is 0 Å². The summed E-state index contributed by atoms with van der Waals surface area (Å²) in [6, 6.07) is -0.422. The van der Waals surface area contributed by atoms with Crippen molar-refractivity contribution in [3.05, 3.63) is 23.3 Å². The number of allylic oxidation sites excluding steroid dienone is 3. The Morgan fingerprint density at radius 3 is 2.67 bits per heavy atom. The molecule has 1 saturated carbocycles. The van der Waals surface area contributed by atoms with Gasteiger partial charge in [-0.15, -0.1) is 0 Å². The molecule has 18 heavy (non-hydrogen) atoms. The number of rotatable bonds is 1. The van der Waals surface area contributed by atoms with Gasteiger partial charge in [0.15, 0.2) is 5.78 Å². The van der Waals surface area contributed by atoms with Gasteiger partial charge in [-0.2, -0.15) is 0 Å². The van der Waals surface area contributed by atoms with Crippen LogP contribution in [0.15, 0.2) is 23.3 Å². The molecule has 4 nitrogen and oxygen atoms in total. The monoisotopic (exact) mass is 251 g/mol. The van der Waals surface area contributed by atoms with E-state index < -0.39 is 12.1 Å². The number of methoxy groups -OCH3 is 1. The van der Waals surface area contributed by atoms with Crippen molar-refractivity contribution in [2.75, 3.05) is 7.11 Å². The first kappa shape index (κ1) is 14.5. The highest BCUT2D eigenvalue weighted by molar-refractivity contribution is 6.05. The van der Waals surface area contributed by atoms with E-state index in [0.29, 0.717) is 6.42 Å². The number of carbonyl (C=O) groups is 2. The molecule has 0 aromatic carbocycles. The highest BCUT2D eigenvalue weighted by atomic mass is 16.5. The Labute approximate surface area is 108 Å². The number of hydrogen-bond donors (Lipinski definition) is 1. The summed E-state index contributed by atoms with van der Waals surface area (Å²) in [5.41, 5.74) is 1.93. The number of nitrogens with one attached hydrogen (secondary N) is 1. The lowest BCUT2D eigenvalue weighted by Gasteiger charge is -2.27. The Hall–Kier alpha value is -1.58. The van der Waals surface area contributed by atoms with Crippen LogP contribution in [0.1, 0.15) is 39.5 Å². The maximum absolute atomic E-state index is 12.0. The zero-order valence-electron chi connectivity index (χ0n) is 11.3. The van der Waals surface area contributed by atoms with Crippen LogP contribution in [0.5, 0.6) is 0 Å². The molecule has 0 aromatic heterocycles. The van der Waals surface area contributed by atoms with Crippen molar-refractivity contribution in [1.29, 1.82) is 0 Å². The predicted molar refractivity (Wildman–Crippen MR) is 70.3 cm³/mol. The molecule has 0 aromatic rings. The van der Waals surface area contributed by atoms with Crippen LogP contribution >= 0.6 is 0 Å². The van der Waals surface area contributed by atoms with Gasteiger partial charge in [-0.3, -0.25) is 4.79 Å². The van der Waals surface area contributed by atoms with Crippen molar-refractivity contribution in [3.8, 4) is 0 Å². The number of ketones is 1. The third-order valence-corrected chi connectivity index (χ3v) is 3.01. The van der Waals surface area contributed by atoms with Crippen molar-refractivity contribution in [3.63, 3.8) is 0 Å². The highest BCUT2D eigenvalue weighted by Gasteiger charge is 2.31. The molecule has 2 aliphatic carbocycles. The van der Waals surface area contributed by atoms with Crippen LogP contribution in [0.2, 0.25) is 0 Å². The fraction of sp³-hybridized carbons (Fsp3) is 0.571. The molecule has 0 spiro atoms. The van der Waals surface area contributed by atoms with Crippen LogP contribution in [0.4, 0.5) is 4.79 Å².